The van der Waals surface area contributed by atoms with Crippen molar-refractivity contribution in [1.29, 1.82) is 0 Å². The van der Waals surface area contributed by atoms with Crippen LogP contribution in [0.5, 0.6) is 5.75 Å². The maximum atomic E-state index is 10.1. The molecule has 1 unspecified atom stereocenters. The van der Waals surface area contributed by atoms with Crippen LogP contribution in [0.3, 0.4) is 0 Å². The lowest BCUT2D eigenvalue weighted by molar-refractivity contribution is 0.145. The molecule has 0 saturated heterocycles. The molecule has 102 valence electrons. The van der Waals surface area contributed by atoms with Gasteiger partial charge < -0.3 is 20.5 Å². The van der Waals surface area contributed by atoms with Gasteiger partial charge in [0.15, 0.2) is 0 Å². The Hall–Kier alpha value is -1.26. The van der Waals surface area contributed by atoms with Crippen LogP contribution >= 0.6 is 0 Å². The van der Waals surface area contributed by atoms with Crippen LogP contribution in [0.2, 0.25) is 0 Å². The fourth-order valence-corrected chi connectivity index (χ4v) is 1.97. The maximum Gasteiger partial charge on any atom is 0.141 e. The number of nitrogens with two attached hydrogens (primary N) is 1. The van der Waals surface area contributed by atoms with Crippen LogP contribution in [0.15, 0.2) is 18.2 Å². The molecular formula is C14H24N2O2. The number of anilines is 1. The first-order valence-corrected chi connectivity index (χ1v) is 6.46. The highest BCUT2D eigenvalue weighted by Crippen LogP contribution is 2.26. The number of methoxy groups -OCH3 is 1. The van der Waals surface area contributed by atoms with Gasteiger partial charge in [-0.3, -0.25) is 0 Å². The number of rotatable bonds is 7. The predicted molar refractivity (Wildman–Crippen MR) is 74.8 cm³/mol. The molecule has 18 heavy (non-hydrogen) atoms. The van der Waals surface area contributed by atoms with Gasteiger partial charge in [-0.2, -0.15) is 0 Å². The van der Waals surface area contributed by atoms with Gasteiger partial charge in [0, 0.05) is 6.54 Å². The Morgan fingerprint density at radius 2 is 2.00 bits per heavy atom. The zero-order chi connectivity index (χ0) is 13.5. The molecule has 3 N–H and O–H groups in total. The lowest BCUT2D eigenvalue weighted by Gasteiger charge is -2.20. The monoisotopic (exact) mass is 252 g/mol. The molecule has 0 amide bonds. The van der Waals surface area contributed by atoms with Crippen LogP contribution in [0, 0.1) is 0 Å². The number of hydrogen-bond acceptors (Lipinski definition) is 4. The van der Waals surface area contributed by atoms with Crippen molar-refractivity contribution in [2.45, 2.75) is 26.4 Å². The van der Waals surface area contributed by atoms with E-state index in [4.69, 9.17) is 10.5 Å². The molecule has 0 heterocycles. The van der Waals surface area contributed by atoms with Gasteiger partial charge in [0.25, 0.3) is 0 Å². The van der Waals surface area contributed by atoms with E-state index in [1.165, 1.54) is 0 Å². The normalized spacial score (nSPS) is 12.7. The van der Waals surface area contributed by atoms with Gasteiger partial charge in [0.05, 0.1) is 18.9 Å². The summed E-state index contributed by atoms with van der Waals surface area (Å²) in [6.07, 6.45) is 0.242. The zero-order valence-corrected chi connectivity index (χ0v) is 11.5. The number of aliphatic hydroxyl groups is 1. The first kappa shape index (κ1) is 14.8. The Balaban J connectivity index is 2.61. The topological polar surface area (TPSA) is 58.7 Å². The first-order valence-electron chi connectivity index (χ1n) is 6.46. The summed E-state index contributed by atoms with van der Waals surface area (Å²) in [6, 6.07) is 5.44. The smallest absolute Gasteiger partial charge is 0.141 e. The molecule has 0 aliphatic carbocycles. The minimum atomic E-state index is -0.473. The average Bonchev–Trinajstić information content (AvgIpc) is 2.39. The zero-order valence-electron chi connectivity index (χ0n) is 11.5. The van der Waals surface area contributed by atoms with Crippen LogP contribution in [-0.2, 0) is 0 Å². The quantitative estimate of drug-likeness (QED) is 0.729. The van der Waals surface area contributed by atoms with Crippen LogP contribution in [0.4, 0.5) is 5.69 Å². The summed E-state index contributed by atoms with van der Waals surface area (Å²) in [5.74, 6) is 0.648. The summed E-state index contributed by atoms with van der Waals surface area (Å²) in [5.41, 5.74) is 7.25. The summed E-state index contributed by atoms with van der Waals surface area (Å²) < 4.78 is 5.10. The third-order valence-corrected chi connectivity index (χ3v) is 3.25. The van der Waals surface area contributed by atoms with E-state index >= 15 is 0 Å². The molecule has 0 saturated carbocycles. The van der Waals surface area contributed by atoms with Crippen LogP contribution in [-0.4, -0.2) is 36.8 Å². The molecule has 0 radical (unpaired) electrons. The van der Waals surface area contributed by atoms with Gasteiger partial charge in [-0.25, -0.2) is 0 Å². The number of ether oxygens (including phenoxy) is 1. The van der Waals surface area contributed by atoms with Gasteiger partial charge in [-0.1, -0.05) is 19.9 Å². The molecule has 1 rings (SSSR count). The highest BCUT2D eigenvalue weighted by molar-refractivity contribution is 5.54. The van der Waals surface area contributed by atoms with Crippen molar-refractivity contribution in [3.63, 3.8) is 0 Å². The second kappa shape index (κ2) is 7.24. The van der Waals surface area contributed by atoms with Crippen molar-refractivity contribution in [3.05, 3.63) is 23.8 Å². The minimum Gasteiger partial charge on any atom is -0.495 e. The third-order valence-electron chi connectivity index (χ3n) is 3.25. The van der Waals surface area contributed by atoms with Gasteiger partial charge >= 0.3 is 0 Å². The Kier molecular flexibility index (Phi) is 5.95. The lowest BCUT2D eigenvalue weighted by Crippen LogP contribution is -2.25. The summed E-state index contributed by atoms with van der Waals surface area (Å²) in [6.45, 7) is 7.16. The highest BCUT2D eigenvalue weighted by atomic mass is 16.5. The van der Waals surface area contributed by atoms with E-state index in [9.17, 15) is 5.11 Å². The van der Waals surface area contributed by atoms with Crippen molar-refractivity contribution < 1.29 is 9.84 Å². The highest BCUT2D eigenvalue weighted by Gasteiger charge is 2.11. The molecule has 1 atom stereocenters. The largest absolute Gasteiger partial charge is 0.495 e. The Morgan fingerprint density at radius 3 is 2.50 bits per heavy atom. The summed E-state index contributed by atoms with van der Waals surface area (Å²) >= 11 is 0. The summed E-state index contributed by atoms with van der Waals surface area (Å²) in [7, 11) is 1.59. The molecule has 0 spiro atoms. The molecule has 0 bridgehead atoms. The van der Waals surface area contributed by atoms with E-state index in [-0.39, 0.29) is 0 Å². The van der Waals surface area contributed by atoms with E-state index in [2.05, 4.69) is 18.7 Å². The van der Waals surface area contributed by atoms with E-state index in [1.54, 1.807) is 19.2 Å². The van der Waals surface area contributed by atoms with Gasteiger partial charge in [0.1, 0.15) is 5.75 Å². The molecule has 0 aromatic heterocycles. The predicted octanol–water partition coefficient (Wildman–Crippen LogP) is 2.04. The van der Waals surface area contributed by atoms with Gasteiger partial charge in [-0.15, -0.1) is 0 Å². The molecule has 4 heteroatoms. The number of hydrogen-bond donors (Lipinski definition) is 2. The van der Waals surface area contributed by atoms with Crippen molar-refractivity contribution in [3.8, 4) is 5.75 Å². The molecule has 0 aliphatic heterocycles. The van der Waals surface area contributed by atoms with E-state index in [0.717, 1.165) is 25.2 Å². The van der Waals surface area contributed by atoms with Gasteiger partial charge in [0.2, 0.25) is 0 Å². The fraction of sp³-hybridized carbons (Fsp3) is 0.571. The standard InChI is InChI=1S/C14H24N2O2/c1-4-16(5-2)9-8-13(17)11-6-7-14(18-3)12(15)10-11/h6-7,10,13,17H,4-5,8-9,15H2,1-3H3. The fourth-order valence-electron chi connectivity index (χ4n) is 1.97. The Morgan fingerprint density at radius 1 is 1.33 bits per heavy atom. The lowest BCUT2D eigenvalue weighted by atomic mass is 10.1. The maximum absolute atomic E-state index is 10.1. The number of aliphatic hydroxyl groups excluding tert-OH is 1. The molecule has 0 aliphatic rings. The van der Waals surface area contributed by atoms with E-state index < -0.39 is 6.10 Å². The first-order chi connectivity index (χ1) is 8.62. The SMILES string of the molecule is CCN(CC)CCC(O)c1ccc(OC)c(N)c1. The molecule has 1 aromatic carbocycles. The van der Waals surface area contributed by atoms with Crippen LogP contribution < -0.4 is 10.5 Å². The van der Waals surface area contributed by atoms with E-state index in [0.29, 0.717) is 17.9 Å². The van der Waals surface area contributed by atoms with Gasteiger partial charge in [-0.05, 0) is 37.2 Å². The van der Waals surface area contributed by atoms with Crippen molar-refractivity contribution in [2.75, 3.05) is 32.5 Å². The van der Waals surface area contributed by atoms with Crippen molar-refractivity contribution >= 4 is 5.69 Å². The second-order valence-electron chi connectivity index (χ2n) is 4.33. The van der Waals surface area contributed by atoms with Crippen molar-refractivity contribution in [1.82, 2.24) is 4.90 Å². The summed E-state index contributed by atoms with van der Waals surface area (Å²) in [5, 5.41) is 10.1. The molecule has 4 nitrogen and oxygen atoms in total. The minimum absolute atomic E-state index is 0.473. The number of nitrogens with zero attached hydrogens (tertiary/aromatic N) is 1. The Labute approximate surface area is 109 Å². The van der Waals surface area contributed by atoms with Crippen molar-refractivity contribution in [2.24, 2.45) is 0 Å². The Bertz CT molecular complexity index is 365. The molecular weight excluding hydrogens is 228 g/mol. The third kappa shape index (κ3) is 3.89. The summed E-state index contributed by atoms with van der Waals surface area (Å²) in [4.78, 5) is 2.29. The number of benzene rings is 1. The van der Waals surface area contributed by atoms with Crippen LogP contribution in [0.25, 0.3) is 0 Å². The van der Waals surface area contributed by atoms with Crippen LogP contribution in [0.1, 0.15) is 31.9 Å². The average molecular weight is 252 g/mol. The molecule has 1 aromatic rings. The second-order valence-corrected chi connectivity index (χ2v) is 4.33. The molecule has 0 fully saturated rings. The number of nitrogen functional groups attached to an aromatic ring is 1. The van der Waals surface area contributed by atoms with E-state index in [1.807, 2.05) is 6.07 Å².